The number of hydrogen-bond donors (Lipinski definition) is 2. The summed E-state index contributed by atoms with van der Waals surface area (Å²) in [5.74, 6) is -1.50. The van der Waals surface area contributed by atoms with E-state index in [0.717, 1.165) is 35.1 Å². The summed E-state index contributed by atoms with van der Waals surface area (Å²) >= 11 is 0. The van der Waals surface area contributed by atoms with E-state index in [-0.39, 0.29) is 31.0 Å². The van der Waals surface area contributed by atoms with Gasteiger partial charge < -0.3 is 24.8 Å². The third-order valence-corrected chi connectivity index (χ3v) is 6.56. The number of carboxylic acid groups (broad SMARTS) is 1. The molecule has 172 valence electrons. The highest BCUT2D eigenvalue weighted by molar-refractivity contribution is 5.86. The highest BCUT2D eigenvalue weighted by atomic mass is 16.6. The second-order valence-corrected chi connectivity index (χ2v) is 8.75. The van der Waals surface area contributed by atoms with Crippen LogP contribution in [-0.4, -0.2) is 65.9 Å². The van der Waals surface area contributed by atoms with E-state index in [0.29, 0.717) is 13.0 Å². The summed E-state index contributed by atoms with van der Waals surface area (Å²) < 4.78 is 11.2. The lowest BCUT2D eigenvalue weighted by Crippen LogP contribution is -2.51. The molecule has 0 aromatic heterocycles. The number of hydrogen-bond acceptors (Lipinski definition) is 5. The highest BCUT2D eigenvalue weighted by Crippen LogP contribution is 2.44. The lowest BCUT2D eigenvalue weighted by molar-refractivity contribution is -0.150. The van der Waals surface area contributed by atoms with E-state index in [2.05, 4.69) is 29.6 Å². The lowest BCUT2D eigenvalue weighted by Gasteiger charge is -2.26. The van der Waals surface area contributed by atoms with Crippen molar-refractivity contribution < 1.29 is 29.0 Å². The number of carboxylic acids is 1. The Morgan fingerprint density at radius 2 is 1.64 bits per heavy atom. The fourth-order valence-electron chi connectivity index (χ4n) is 4.85. The predicted octanol–water partition coefficient (Wildman–Crippen LogP) is 2.76. The Hall–Kier alpha value is -3.39. The monoisotopic (exact) mass is 450 g/mol. The molecule has 8 heteroatoms. The predicted molar refractivity (Wildman–Crippen MR) is 119 cm³/mol. The van der Waals surface area contributed by atoms with Crippen LogP contribution in [-0.2, 0) is 19.1 Å². The molecule has 5 rings (SSSR count). The average Bonchev–Trinajstić information content (AvgIpc) is 3.47. The average molecular weight is 450 g/mol. The minimum absolute atomic E-state index is 0.0543. The van der Waals surface area contributed by atoms with Crippen LogP contribution in [0.3, 0.4) is 0 Å². The Labute approximate surface area is 191 Å². The van der Waals surface area contributed by atoms with E-state index >= 15 is 0 Å². The largest absolute Gasteiger partial charge is 0.480 e. The number of benzene rings is 2. The molecule has 2 N–H and O–H groups in total. The third-order valence-electron chi connectivity index (χ3n) is 6.56. The molecule has 0 bridgehead atoms. The first-order valence-electron chi connectivity index (χ1n) is 11.3. The fourth-order valence-corrected chi connectivity index (χ4v) is 4.85. The number of carbonyl (C=O) groups is 3. The minimum atomic E-state index is -1.06. The molecule has 1 saturated carbocycles. The molecule has 1 saturated heterocycles. The van der Waals surface area contributed by atoms with Gasteiger partial charge in [0.2, 0.25) is 0 Å². The molecular weight excluding hydrogens is 424 g/mol. The van der Waals surface area contributed by atoms with E-state index in [1.54, 1.807) is 0 Å². The van der Waals surface area contributed by atoms with Crippen LogP contribution < -0.4 is 5.32 Å². The summed E-state index contributed by atoms with van der Waals surface area (Å²) in [4.78, 5) is 38.1. The van der Waals surface area contributed by atoms with Gasteiger partial charge in [-0.2, -0.15) is 0 Å². The van der Waals surface area contributed by atoms with Crippen LogP contribution >= 0.6 is 0 Å². The molecule has 2 atom stereocenters. The Balaban J connectivity index is 1.22. The van der Waals surface area contributed by atoms with Gasteiger partial charge in [-0.05, 0) is 41.5 Å². The molecule has 0 spiro atoms. The van der Waals surface area contributed by atoms with E-state index in [4.69, 9.17) is 14.6 Å². The van der Waals surface area contributed by atoms with Crippen LogP contribution in [0.1, 0.15) is 36.3 Å². The van der Waals surface area contributed by atoms with Crippen molar-refractivity contribution in [2.24, 2.45) is 0 Å². The van der Waals surface area contributed by atoms with Crippen LogP contribution in [0.4, 0.5) is 4.79 Å². The summed E-state index contributed by atoms with van der Waals surface area (Å²) in [6.45, 7) is 0.136. The van der Waals surface area contributed by atoms with Gasteiger partial charge in [-0.1, -0.05) is 48.5 Å². The van der Waals surface area contributed by atoms with Gasteiger partial charge in [0.1, 0.15) is 13.2 Å². The first-order chi connectivity index (χ1) is 16.0. The molecule has 0 radical (unpaired) electrons. The number of alkyl carbamates (subject to hydrolysis) is 1. The normalized spacial score (nSPS) is 21.2. The molecule has 0 unspecified atom stereocenters. The highest BCUT2D eigenvalue weighted by Gasteiger charge is 2.43. The number of aliphatic carboxylic acids is 1. The van der Waals surface area contributed by atoms with Crippen LogP contribution in [0, 0.1) is 0 Å². The molecule has 2 amide bonds. The fraction of sp³-hybridized carbons (Fsp3) is 0.400. The van der Waals surface area contributed by atoms with Gasteiger partial charge in [-0.15, -0.1) is 0 Å². The van der Waals surface area contributed by atoms with Crippen LogP contribution in [0.2, 0.25) is 0 Å². The zero-order valence-corrected chi connectivity index (χ0v) is 18.1. The first-order valence-corrected chi connectivity index (χ1v) is 11.3. The van der Waals surface area contributed by atoms with Crippen LogP contribution in [0.25, 0.3) is 11.1 Å². The lowest BCUT2D eigenvalue weighted by atomic mass is 9.98. The smallest absolute Gasteiger partial charge is 0.407 e. The molecule has 2 aromatic rings. The zero-order valence-electron chi connectivity index (χ0n) is 18.1. The second kappa shape index (κ2) is 8.86. The van der Waals surface area contributed by atoms with Crippen LogP contribution in [0.15, 0.2) is 48.5 Å². The maximum absolute atomic E-state index is 12.9. The minimum Gasteiger partial charge on any atom is -0.480 e. The van der Waals surface area contributed by atoms with Crippen molar-refractivity contribution in [1.82, 2.24) is 10.2 Å². The molecule has 1 heterocycles. The summed E-state index contributed by atoms with van der Waals surface area (Å²) in [6, 6.07) is 15.6. The molecular formula is C25H26N2O6. The number of rotatable bonds is 7. The summed E-state index contributed by atoms with van der Waals surface area (Å²) in [5.41, 5.74) is 4.54. The Morgan fingerprint density at radius 1 is 1.00 bits per heavy atom. The maximum Gasteiger partial charge on any atom is 0.407 e. The van der Waals surface area contributed by atoms with Crippen LogP contribution in [0.5, 0.6) is 0 Å². The Morgan fingerprint density at radius 3 is 2.24 bits per heavy atom. The van der Waals surface area contributed by atoms with Gasteiger partial charge in [0, 0.05) is 18.6 Å². The quantitative estimate of drug-likeness (QED) is 0.672. The van der Waals surface area contributed by atoms with Crippen molar-refractivity contribution in [2.45, 2.75) is 43.4 Å². The Kier molecular flexibility index (Phi) is 5.76. The number of fused-ring (bicyclic) bond motifs is 3. The summed E-state index contributed by atoms with van der Waals surface area (Å²) in [6.07, 6.45) is 0.533. The van der Waals surface area contributed by atoms with Crippen molar-refractivity contribution >= 4 is 18.0 Å². The van der Waals surface area contributed by atoms with Crippen molar-refractivity contribution in [3.63, 3.8) is 0 Å². The van der Waals surface area contributed by atoms with Crippen molar-refractivity contribution in [3.8, 4) is 11.1 Å². The summed E-state index contributed by atoms with van der Waals surface area (Å²) in [5, 5.41) is 11.9. The first kappa shape index (κ1) is 21.5. The molecule has 33 heavy (non-hydrogen) atoms. The van der Waals surface area contributed by atoms with E-state index in [9.17, 15) is 14.4 Å². The number of ether oxygens (including phenoxy) is 2. The summed E-state index contributed by atoms with van der Waals surface area (Å²) in [7, 11) is 0. The van der Waals surface area contributed by atoms with Crippen molar-refractivity contribution in [3.05, 3.63) is 59.7 Å². The van der Waals surface area contributed by atoms with Gasteiger partial charge >= 0.3 is 12.1 Å². The maximum atomic E-state index is 12.9. The SMILES string of the molecule is O=C(O)CN(C(=O)[C@@H]1OCC[C@@H]1NC(=O)OCC1c2ccccc2-c2ccccc21)C1CC1. The zero-order chi connectivity index (χ0) is 22.9. The molecule has 2 aromatic carbocycles. The molecule has 8 nitrogen and oxygen atoms in total. The van der Waals surface area contributed by atoms with Gasteiger partial charge in [-0.3, -0.25) is 9.59 Å². The number of amides is 2. The molecule has 2 aliphatic carbocycles. The van der Waals surface area contributed by atoms with Gasteiger partial charge in [0.15, 0.2) is 6.10 Å². The number of nitrogens with zero attached hydrogens (tertiary/aromatic N) is 1. The van der Waals surface area contributed by atoms with E-state index < -0.39 is 24.2 Å². The van der Waals surface area contributed by atoms with Gasteiger partial charge in [0.05, 0.1) is 6.04 Å². The third kappa shape index (κ3) is 4.30. The molecule has 1 aliphatic heterocycles. The molecule has 3 aliphatic rings. The number of nitrogens with one attached hydrogen (secondary N) is 1. The number of carbonyl (C=O) groups excluding carboxylic acids is 2. The topological polar surface area (TPSA) is 105 Å². The molecule has 2 fully saturated rings. The van der Waals surface area contributed by atoms with Crippen molar-refractivity contribution in [1.29, 1.82) is 0 Å². The Bertz CT molecular complexity index is 1040. The second-order valence-electron chi connectivity index (χ2n) is 8.75. The van der Waals surface area contributed by atoms with E-state index in [1.807, 2.05) is 24.3 Å². The van der Waals surface area contributed by atoms with Crippen molar-refractivity contribution in [2.75, 3.05) is 19.8 Å². The van der Waals surface area contributed by atoms with E-state index in [1.165, 1.54) is 4.90 Å². The standard InChI is InChI=1S/C25H26N2O6/c28-22(29)13-27(15-9-10-15)24(30)23-21(11-12-32-23)26-25(31)33-14-20-18-7-3-1-5-16(18)17-6-2-4-8-19(17)20/h1-8,15,20-21,23H,9-14H2,(H,26,31)(H,28,29)/t21-,23+/m0/s1. The van der Waals surface area contributed by atoms with Gasteiger partial charge in [0.25, 0.3) is 5.91 Å². The van der Waals surface area contributed by atoms with Gasteiger partial charge in [-0.25, -0.2) is 4.79 Å².